The molecule has 0 N–H and O–H groups in total. The van der Waals surface area contributed by atoms with Crippen molar-refractivity contribution in [2.45, 2.75) is 59.0 Å². The second-order valence-electron chi connectivity index (χ2n) is 10.8. The summed E-state index contributed by atoms with van der Waals surface area (Å²) in [5, 5.41) is 0. The number of aromatic nitrogens is 2. The van der Waals surface area contributed by atoms with Crippen molar-refractivity contribution in [1.82, 2.24) is 9.55 Å². The summed E-state index contributed by atoms with van der Waals surface area (Å²) in [4.78, 5) is 36.2. The minimum Gasteiger partial charge on any atom is -0.383 e. The lowest BCUT2D eigenvalue weighted by Gasteiger charge is -2.32. The number of aryl methyl sites for hydroxylation is 3. The van der Waals surface area contributed by atoms with Crippen molar-refractivity contribution in [3.05, 3.63) is 89.2 Å². The Hall–Kier alpha value is -3.97. The highest BCUT2D eigenvalue weighted by Crippen LogP contribution is 2.34. The van der Waals surface area contributed by atoms with Crippen molar-refractivity contribution >= 4 is 34.2 Å². The number of methoxy groups -OCH3 is 1. The SMILES string of the molecule is CCc1cccc(C)c1N(C(=O)Cn1c([C@H]2CC(=O)N(c3ccc(C)cc3)C2)nc2ccccc21)[C@H](C)COC. The van der Waals surface area contributed by atoms with Gasteiger partial charge in [-0.05, 0) is 62.6 Å². The van der Waals surface area contributed by atoms with Gasteiger partial charge in [0.25, 0.3) is 0 Å². The summed E-state index contributed by atoms with van der Waals surface area (Å²) in [5.41, 5.74) is 6.90. The summed E-state index contributed by atoms with van der Waals surface area (Å²) >= 11 is 0. The van der Waals surface area contributed by atoms with Gasteiger partial charge in [-0.2, -0.15) is 0 Å². The van der Waals surface area contributed by atoms with E-state index < -0.39 is 0 Å². The van der Waals surface area contributed by atoms with Crippen molar-refractivity contribution < 1.29 is 14.3 Å². The number of ether oxygens (including phenoxy) is 1. The average molecular weight is 539 g/mol. The Morgan fingerprint density at radius 3 is 2.55 bits per heavy atom. The van der Waals surface area contributed by atoms with Gasteiger partial charge >= 0.3 is 0 Å². The van der Waals surface area contributed by atoms with Gasteiger partial charge in [0.1, 0.15) is 12.4 Å². The van der Waals surface area contributed by atoms with Crippen LogP contribution in [-0.2, 0) is 27.3 Å². The number of carbonyl (C=O) groups is 2. The van der Waals surface area contributed by atoms with Gasteiger partial charge in [0.05, 0.1) is 29.4 Å². The van der Waals surface area contributed by atoms with Gasteiger partial charge in [0, 0.05) is 31.7 Å². The molecule has 1 fully saturated rings. The van der Waals surface area contributed by atoms with Gasteiger partial charge in [0.2, 0.25) is 11.8 Å². The predicted molar refractivity (Wildman–Crippen MR) is 160 cm³/mol. The Kier molecular flexibility index (Phi) is 8.03. The average Bonchev–Trinajstić information content (AvgIpc) is 3.50. The van der Waals surface area contributed by atoms with E-state index >= 15 is 0 Å². The standard InChI is InChI=1S/C33H38N4O3/c1-6-25-11-9-10-23(3)32(25)37(24(4)21-40-5)31(39)20-36-29-13-8-7-12-28(29)34-33(36)26-18-30(38)35(19-26)27-16-14-22(2)15-17-27/h7-17,24,26H,6,18-21H2,1-5H3/t24-,26+/m1/s1. The molecule has 1 aromatic heterocycles. The normalized spacial score (nSPS) is 16.1. The number of hydrogen-bond donors (Lipinski definition) is 0. The maximum absolute atomic E-state index is 14.3. The first kappa shape index (κ1) is 27.6. The smallest absolute Gasteiger partial charge is 0.247 e. The molecule has 0 aliphatic carbocycles. The molecule has 3 aromatic carbocycles. The topological polar surface area (TPSA) is 67.7 Å². The molecule has 208 valence electrons. The maximum atomic E-state index is 14.3. The van der Waals surface area contributed by atoms with E-state index in [0.29, 0.717) is 19.6 Å². The molecular formula is C33H38N4O3. The maximum Gasteiger partial charge on any atom is 0.247 e. The fraction of sp³-hybridized carbons (Fsp3) is 0.364. The number of fused-ring (bicyclic) bond motifs is 1. The van der Waals surface area contributed by atoms with Crippen LogP contribution in [0.3, 0.4) is 0 Å². The van der Waals surface area contributed by atoms with Crippen LogP contribution in [0.4, 0.5) is 11.4 Å². The molecule has 7 heteroatoms. The van der Waals surface area contributed by atoms with Crippen molar-refractivity contribution in [2.24, 2.45) is 0 Å². The molecule has 2 amide bonds. The Morgan fingerprint density at radius 2 is 1.82 bits per heavy atom. The van der Waals surface area contributed by atoms with E-state index in [9.17, 15) is 9.59 Å². The van der Waals surface area contributed by atoms with Gasteiger partial charge in [-0.3, -0.25) is 9.59 Å². The lowest BCUT2D eigenvalue weighted by Crippen LogP contribution is -2.44. The second kappa shape index (κ2) is 11.6. The van der Waals surface area contributed by atoms with Gasteiger partial charge in [-0.1, -0.05) is 55.0 Å². The fourth-order valence-corrected chi connectivity index (χ4v) is 5.89. The molecule has 0 unspecified atom stereocenters. The summed E-state index contributed by atoms with van der Waals surface area (Å²) in [7, 11) is 1.66. The molecule has 0 bridgehead atoms. The summed E-state index contributed by atoms with van der Waals surface area (Å²) in [6, 6.07) is 21.9. The van der Waals surface area contributed by atoms with Gasteiger partial charge in [-0.25, -0.2) is 4.98 Å². The zero-order chi connectivity index (χ0) is 28.4. The van der Waals surface area contributed by atoms with Gasteiger partial charge in [-0.15, -0.1) is 0 Å². The molecule has 2 heterocycles. The number of carbonyl (C=O) groups excluding carboxylic acids is 2. The Balaban J connectivity index is 1.53. The van der Waals surface area contributed by atoms with Gasteiger partial charge < -0.3 is 19.1 Å². The number of rotatable bonds is 9. The highest BCUT2D eigenvalue weighted by atomic mass is 16.5. The number of benzene rings is 3. The van der Waals surface area contributed by atoms with E-state index in [2.05, 4.69) is 26.0 Å². The van der Waals surface area contributed by atoms with Gasteiger partial charge in [0.15, 0.2) is 0 Å². The van der Waals surface area contributed by atoms with Crippen LogP contribution >= 0.6 is 0 Å². The van der Waals surface area contributed by atoms with Crippen LogP contribution in [0.2, 0.25) is 0 Å². The lowest BCUT2D eigenvalue weighted by molar-refractivity contribution is -0.120. The second-order valence-corrected chi connectivity index (χ2v) is 10.8. The molecular weight excluding hydrogens is 500 g/mol. The van der Waals surface area contributed by atoms with E-state index in [-0.39, 0.29) is 30.3 Å². The molecule has 7 nitrogen and oxygen atoms in total. The third kappa shape index (κ3) is 5.26. The zero-order valence-corrected chi connectivity index (χ0v) is 24.1. The number of anilines is 2. The molecule has 0 saturated carbocycles. The number of para-hydroxylation sites is 3. The van der Waals surface area contributed by atoms with Crippen LogP contribution in [0.15, 0.2) is 66.7 Å². The summed E-state index contributed by atoms with van der Waals surface area (Å²) < 4.78 is 7.52. The predicted octanol–water partition coefficient (Wildman–Crippen LogP) is 5.80. The fourth-order valence-electron chi connectivity index (χ4n) is 5.89. The summed E-state index contributed by atoms with van der Waals surface area (Å²) in [5.74, 6) is 0.695. The van der Waals surface area contributed by atoms with Crippen LogP contribution in [0.25, 0.3) is 11.0 Å². The highest BCUT2D eigenvalue weighted by Gasteiger charge is 2.36. The summed E-state index contributed by atoms with van der Waals surface area (Å²) in [6.07, 6.45) is 1.17. The van der Waals surface area contributed by atoms with Crippen LogP contribution in [0.5, 0.6) is 0 Å². The Morgan fingerprint density at radius 1 is 1.07 bits per heavy atom. The third-order valence-electron chi connectivity index (χ3n) is 7.87. The molecule has 4 aromatic rings. The highest BCUT2D eigenvalue weighted by molar-refractivity contribution is 5.98. The van der Waals surface area contributed by atoms with Crippen molar-refractivity contribution in [2.75, 3.05) is 30.1 Å². The molecule has 5 rings (SSSR count). The molecule has 1 saturated heterocycles. The number of imidazole rings is 1. The van der Waals surface area contributed by atoms with E-state index in [0.717, 1.165) is 51.3 Å². The molecule has 1 aliphatic rings. The van der Waals surface area contributed by atoms with Crippen LogP contribution in [0.1, 0.15) is 48.7 Å². The largest absolute Gasteiger partial charge is 0.383 e. The molecule has 2 atom stereocenters. The third-order valence-corrected chi connectivity index (χ3v) is 7.87. The van der Waals surface area contributed by atoms with E-state index in [1.807, 2.05) is 82.8 Å². The van der Waals surface area contributed by atoms with Crippen molar-refractivity contribution in [3.8, 4) is 0 Å². The monoisotopic (exact) mass is 538 g/mol. The van der Waals surface area contributed by atoms with Crippen molar-refractivity contribution in [1.29, 1.82) is 0 Å². The number of amides is 2. The minimum absolute atomic E-state index is 0.0299. The molecule has 40 heavy (non-hydrogen) atoms. The Labute approximate surface area is 236 Å². The lowest BCUT2D eigenvalue weighted by atomic mass is 10.0. The Bertz CT molecular complexity index is 1520. The molecule has 1 aliphatic heterocycles. The van der Waals surface area contributed by atoms with E-state index in [1.165, 1.54) is 0 Å². The number of hydrogen-bond acceptors (Lipinski definition) is 4. The molecule has 0 radical (unpaired) electrons. The molecule has 0 spiro atoms. The first-order valence-electron chi connectivity index (χ1n) is 14.0. The van der Waals surface area contributed by atoms with Crippen LogP contribution in [0, 0.1) is 13.8 Å². The van der Waals surface area contributed by atoms with Crippen LogP contribution in [-0.4, -0.2) is 47.7 Å². The van der Waals surface area contributed by atoms with E-state index in [1.54, 1.807) is 7.11 Å². The quantitative estimate of drug-likeness (QED) is 0.270. The first-order chi connectivity index (χ1) is 19.3. The summed E-state index contributed by atoms with van der Waals surface area (Å²) in [6.45, 7) is 9.29. The first-order valence-corrected chi connectivity index (χ1v) is 14.0. The minimum atomic E-state index is -0.160. The zero-order valence-electron chi connectivity index (χ0n) is 24.1. The van der Waals surface area contributed by atoms with Crippen LogP contribution < -0.4 is 9.80 Å². The number of nitrogens with zero attached hydrogens (tertiary/aromatic N) is 4. The van der Waals surface area contributed by atoms with Crippen molar-refractivity contribution in [3.63, 3.8) is 0 Å². The van der Waals surface area contributed by atoms with E-state index in [4.69, 9.17) is 9.72 Å².